The molecule has 0 radical (unpaired) electrons. The molecule has 1 amide bonds. The average molecular weight is 476 g/mol. The highest BCUT2D eigenvalue weighted by molar-refractivity contribution is 6.07. The maximum atomic E-state index is 13.4. The van der Waals surface area contributed by atoms with Crippen LogP contribution in [0.25, 0.3) is 22.2 Å². The zero-order valence-electron chi connectivity index (χ0n) is 19.3. The van der Waals surface area contributed by atoms with E-state index in [1.807, 2.05) is 30.7 Å². The lowest BCUT2D eigenvalue weighted by molar-refractivity contribution is -0.384. The van der Waals surface area contributed by atoms with Crippen molar-refractivity contribution in [3.05, 3.63) is 87.7 Å². The van der Waals surface area contributed by atoms with E-state index in [0.717, 1.165) is 11.3 Å². The lowest BCUT2D eigenvalue weighted by atomic mass is 10.0. The minimum Gasteiger partial charge on any atom is -0.394 e. The molecule has 2 aromatic carbocycles. The number of aryl methyl sites for hydroxylation is 1. The number of hydrogen-bond acceptors (Lipinski definition) is 7. The number of nitrogens with zero attached hydrogens (tertiary/aromatic N) is 4. The summed E-state index contributed by atoms with van der Waals surface area (Å²) < 4.78 is 1.84. The van der Waals surface area contributed by atoms with E-state index in [0.29, 0.717) is 34.3 Å². The van der Waals surface area contributed by atoms with E-state index in [-0.39, 0.29) is 5.69 Å². The summed E-state index contributed by atoms with van der Waals surface area (Å²) in [6.07, 6.45) is 0.439. The molecule has 10 heteroatoms. The second kappa shape index (κ2) is 10.00. The number of rotatable bonds is 8. The summed E-state index contributed by atoms with van der Waals surface area (Å²) in [5, 5.41) is 39.2. The molecule has 4 aromatic rings. The third kappa shape index (κ3) is 4.75. The first-order valence-corrected chi connectivity index (χ1v) is 11.1. The van der Waals surface area contributed by atoms with E-state index in [9.17, 15) is 25.1 Å². The number of aromatic nitrogens is 3. The van der Waals surface area contributed by atoms with E-state index in [1.54, 1.807) is 24.4 Å². The van der Waals surface area contributed by atoms with Gasteiger partial charge in [0.05, 0.1) is 40.5 Å². The zero-order valence-corrected chi connectivity index (χ0v) is 19.3. The number of nitrogens with one attached hydrogen (secondary N) is 1. The lowest BCUT2D eigenvalue weighted by Gasteiger charge is -2.23. The van der Waals surface area contributed by atoms with Gasteiger partial charge in [-0.2, -0.15) is 5.10 Å². The Hall–Kier alpha value is -4.15. The van der Waals surface area contributed by atoms with Crippen LogP contribution in [0.15, 0.2) is 60.8 Å². The predicted octanol–water partition coefficient (Wildman–Crippen LogP) is 3.16. The molecule has 10 nitrogen and oxygen atoms in total. The van der Waals surface area contributed by atoms with Crippen LogP contribution in [0.3, 0.4) is 0 Å². The van der Waals surface area contributed by atoms with Gasteiger partial charge >= 0.3 is 0 Å². The first-order chi connectivity index (χ1) is 16.8. The molecule has 2 atom stereocenters. The van der Waals surface area contributed by atoms with E-state index in [4.69, 9.17) is 4.98 Å². The standard InChI is InChI=1S/C25H25N5O5/c1-3-29-15(2)20(13-26-29)22-12-19(18-6-4-5-7-21(18)27-22)25(33)28-23(14-31)24(32)16-8-10-17(11-9-16)30(34)35/h4-13,23-24,31-32H,3,14H2,1-2H3,(H,28,33). The van der Waals surface area contributed by atoms with Crippen LogP contribution in [0.5, 0.6) is 0 Å². The topological polar surface area (TPSA) is 143 Å². The minimum atomic E-state index is -1.28. The highest BCUT2D eigenvalue weighted by Gasteiger charge is 2.25. The third-order valence-corrected chi connectivity index (χ3v) is 5.98. The maximum absolute atomic E-state index is 13.4. The van der Waals surface area contributed by atoms with Crippen molar-refractivity contribution in [2.45, 2.75) is 32.5 Å². The van der Waals surface area contributed by atoms with Gasteiger partial charge in [0, 0.05) is 35.3 Å². The van der Waals surface area contributed by atoms with Crippen LogP contribution in [-0.2, 0) is 6.54 Å². The molecular formula is C25H25N5O5. The molecule has 0 fully saturated rings. The summed E-state index contributed by atoms with van der Waals surface area (Å²) in [6, 6.07) is 13.2. The van der Waals surface area contributed by atoms with Gasteiger partial charge in [0.25, 0.3) is 11.6 Å². The van der Waals surface area contributed by atoms with E-state index in [2.05, 4.69) is 10.4 Å². The largest absolute Gasteiger partial charge is 0.394 e. The molecule has 0 saturated heterocycles. The number of carbonyl (C=O) groups excluding carboxylic acids is 1. The van der Waals surface area contributed by atoms with Gasteiger partial charge in [-0.1, -0.05) is 18.2 Å². The molecule has 0 aliphatic heterocycles. The smallest absolute Gasteiger partial charge is 0.269 e. The van der Waals surface area contributed by atoms with E-state index < -0.39 is 29.6 Å². The predicted molar refractivity (Wildman–Crippen MR) is 130 cm³/mol. The van der Waals surface area contributed by atoms with Crippen LogP contribution >= 0.6 is 0 Å². The van der Waals surface area contributed by atoms with Gasteiger partial charge in [-0.3, -0.25) is 19.6 Å². The average Bonchev–Trinajstić information content (AvgIpc) is 3.26. The van der Waals surface area contributed by atoms with Gasteiger partial charge < -0.3 is 15.5 Å². The highest BCUT2D eigenvalue weighted by atomic mass is 16.6. The normalized spacial score (nSPS) is 12.9. The van der Waals surface area contributed by atoms with Gasteiger partial charge in [-0.15, -0.1) is 0 Å². The number of pyridine rings is 1. The van der Waals surface area contributed by atoms with E-state index in [1.165, 1.54) is 24.3 Å². The molecule has 0 aliphatic rings. The van der Waals surface area contributed by atoms with Crippen molar-refractivity contribution in [3.8, 4) is 11.3 Å². The summed E-state index contributed by atoms with van der Waals surface area (Å²) in [7, 11) is 0. The van der Waals surface area contributed by atoms with Crippen LogP contribution in [0.1, 0.15) is 34.6 Å². The van der Waals surface area contributed by atoms with Crippen molar-refractivity contribution >= 4 is 22.5 Å². The Labute approximate surface area is 201 Å². The van der Waals surface area contributed by atoms with Crippen molar-refractivity contribution in [3.63, 3.8) is 0 Å². The van der Waals surface area contributed by atoms with Crippen molar-refractivity contribution < 1.29 is 19.9 Å². The molecule has 2 heterocycles. The molecule has 3 N–H and O–H groups in total. The molecule has 35 heavy (non-hydrogen) atoms. The fourth-order valence-electron chi connectivity index (χ4n) is 4.01. The maximum Gasteiger partial charge on any atom is 0.269 e. The van der Waals surface area contributed by atoms with Crippen molar-refractivity contribution in [2.75, 3.05) is 6.61 Å². The second-order valence-corrected chi connectivity index (χ2v) is 8.09. The van der Waals surface area contributed by atoms with Crippen LogP contribution in [-0.4, -0.2) is 48.5 Å². The molecule has 0 aliphatic carbocycles. The Morgan fingerprint density at radius 3 is 2.54 bits per heavy atom. The number of nitro groups is 1. The van der Waals surface area contributed by atoms with Crippen molar-refractivity contribution in [1.82, 2.24) is 20.1 Å². The number of fused-ring (bicyclic) bond motifs is 1. The van der Waals surface area contributed by atoms with Crippen LogP contribution < -0.4 is 5.32 Å². The summed E-state index contributed by atoms with van der Waals surface area (Å²) >= 11 is 0. The number of aliphatic hydroxyl groups is 2. The monoisotopic (exact) mass is 475 g/mol. The summed E-state index contributed by atoms with van der Waals surface area (Å²) in [6.45, 7) is 4.08. The fourth-order valence-corrected chi connectivity index (χ4v) is 4.01. The molecule has 2 aromatic heterocycles. The summed E-state index contributed by atoms with van der Waals surface area (Å²) in [4.78, 5) is 28.4. The Morgan fingerprint density at radius 1 is 1.20 bits per heavy atom. The minimum absolute atomic E-state index is 0.122. The van der Waals surface area contributed by atoms with Gasteiger partial charge in [0.15, 0.2) is 0 Å². The number of aliphatic hydroxyl groups excluding tert-OH is 2. The highest BCUT2D eigenvalue weighted by Crippen LogP contribution is 2.28. The number of para-hydroxylation sites is 1. The van der Waals surface area contributed by atoms with Crippen molar-refractivity contribution in [1.29, 1.82) is 0 Å². The first kappa shape index (κ1) is 24.0. The lowest BCUT2D eigenvalue weighted by Crippen LogP contribution is -2.42. The third-order valence-electron chi connectivity index (χ3n) is 5.98. The van der Waals surface area contributed by atoms with Crippen LogP contribution in [0.2, 0.25) is 0 Å². The number of hydrogen-bond donors (Lipinski definition) is 3. The molecule has 0 saturated carbocycles. The van der Waals surface area contributed by atoms with Gasteiger partial charge in [0.2, 0.25) is 0 Å². The Kier molecular flexibility index (Phi) is 6.85. The number of non-ortho nitro benzene ring substituents is 1. The van der Waals surface area contributed by atoms with E-state index >= 15 is 0 Å². The Balaban J connectivity index is 1.67. The summed E-state index contributed by atoms with van der Waals surface area (Å²) in [5.74, 6) is -0.495. The quantitative estimate of drug-likeness (QED) is 0.262. The second-order valence-electron chi connectivity index (χ2n) is 8.09. The SMILES string of the molecule is CCn1ncc(-c2cc(C(=O)NC(CO)C(O)c3ccc([N+](=O)[O-])cc3)c3ccccc3n2)c1C. The zero-order chi connectivity index (χ0) is 25.1. The molecule has 0 bridgehead atoms. The van der Waals surface area contributed by atoms with Gasteiger partial charge in [-0.25, -0.2) is 4.98 Å². The van der Waals surface area contributed by atoms with Gasteiger partial charge in [0.1, 0.15) is 6.10 Å². The molecule has 0 spiro atoms. The molecule has 2 unspecified atom stereocenters. The number of nitro benzene ring substituents is 1. The summed E-state index contributed by atoms with van der Waals surface area (Å²) in [5.41, 5.74) is 3.47. The Bertz CT molecular complexity index is 1380. The van der Waals surface area contributed by atoms with Crippen LogP contribution in [0, 0.1) is 17.0 Å². The molecule has 180 valence electrons. The fraction of sp³-hybridized carbons (Fsp3) is 0.240. The number of carbonyl (C=O) groups is 1. The van der Waals surface area contributed by atoms with Crippen molar-refractivity contribution in [2.24, 2.45) is 0 Å². The Morgan fingerprint density at radius 2 is 1.91 bits per heavy atom. The van der Waals surface area contributed by atoms with Gasteiger partial charge in [-0.05, 0) is 43.7 Å². The first-order valence-electron chi connectivity index (χ1n) is 11.1. The number of amides is 1. The number of benzene rings is 2. The molecule has 4 rings (SSSR count). The van der Waals surface area contributed by atoms with Crippen LogP contribution in [0.4, 0.5) is 5.69 Å². The molecular weight excluding hydrogens is 450 g/mol.